The fraction of sp³-hybridized carbons (Fsp3) is 0.381. The molecule has 2 aromatic rings. The van der Waals surface area contributed by atoms with Gasteiger partial charge in [0.25, 0.3) is 0 Å². The molecule has 128 valence electrons. The van der Waals surface area contributed by atoms with Crippen molar-refractivity contribution in [1.82, 2.24) is 0 Å². The lowest BCUT2D eigenvalue weighted by Gasteiger charge is -2.10. The summed E-state index contributed by atoms with van der Waals surface area (Å²) in [6.07, 6.45) is 8.29. The Kier molecular flexibility index (Phi) is 7.34. The summed E-state index contributed by atoms with van der Waals surface area (Å²) in [6.45, 7) is 2.22. The molecule has 0 atom stereocenters. The Morgan fingerprint density at radius 1 is 0.917 bits per heavy atom. The lowest BCUT2D eigenvalue weighted by atomic mass is 10.0. The maximum atomic E-state index is 12.3. The molecule has 0 unspecified atom stereocenters. The van der Waals surface area contributed by atoms with Gasteiger partial charge in [-0.25, -0.2) is 4.79 Å². The van der Waals surface area contributed by atoms with Gasteiger partial charge in [0.05, 0.1) is 0 Å². The molecule has 0 bridgehead atoms. The molecule has 0 aliphatic carbocycles. The van der Waals surface area contributed by atoms with E-state index in [2.05, 4.69) is 6.92 Å². The number of aryl methyl sites for hydroxylation is 1. The van der Waals surface area contributed by atoms with Crippen molar-refractivity contribution >= 4 is 5.97 Å². The molecule has 3 nitrogen and oxygen atoms in total. The van der Waals surface area contributed by atoms with E-state index in [-0.39, 0.29) is 11.3 Å². The number of aromatic hydroxyl groups is 1. The van der Waals surface area contributed by atoms with Crippen LogP contribution in [0.3, 0.4) is 0 Å². The maximum absolute atomic E-state index is 12.3. The van der Waals surface area contributed by atoms with Gasteiger partial charge in [-0.05, 0) is 36.6 Å². The van der Waals surface area contributed by atoms with E-state index in [1.54, 1.807) is 18.2 Å². The number of carbonyl (C=O) groups is 1. The van der Waals surface area contributed by atoms with Gasteiger partial charge in [-0.1, -0.05) is 69.4 Å². The number of benzene rings is 2. The number of esters is 1. The first-order valence-electron chi connectivity index (χ1n) is 8.80. The lowest BCUT2D eigenvalue weighted by Crippen LogP contribution is -2.10. The molecule has 0 aliphatic heterocycles. The summed E-state index contributed by atoms with van der Waals surface area (Å²) in [4.78, 5) is 12.3. The first kappa shape index (κ1) is 18.1. The second kappa shape index (κ2) is 9.76. The SMILES string of the molecule is CCCCCCCCc1ccccc1OC(=O)c1ccccc1O. The van der Waals surface area contributed by atoms with E-state index in [0.717, 1.165) is 18.4 Å². The van der Waals surface area contributed by atoms with Crippen molar-refractivity contribution in [1.29, 1.82) is 0 Å². The molecule has 0 saturated carbocycles. The van der Waals surface area contributed by atoms with Gasteiger partial charge in [0.1, 0.15) is 17.1 Å². The highest BCUT2D eigenvalue weighted by atomic mass is 16.5. The number of para-hydroxylation sites is 2. The van der Waals surface area contributed by atoms with Gasteiger partial charge < -0.3 is 9.84 Å². The summed E-state index contributed by atoms with van der Waals surface area (Å²) < 4.78 is 5.51. The van der Waals surface area contributed by atoms with Gasteiger partial charge in [-0.2, -0.15) is 0 Å². The molecule has 0 spiro atoms. The third-order valence-electron chi connectivity index (χ3n) is 4.10. The average Bonchev–Trinajstić information content (AvgIpc) is 2.59. The number of phenolic OH excluding ortho intramolecular Hbond substituents is 1. The monoisotopic (exact) mass is 326 g/mol. The molecule has 0 saturated heterocycles. The summed E-state index contributed by atoms with van der Waals surface area (Å²) in [5, 5.41) is 9.77. The van der Waals surface area contributed by atoms with Gasteiger partial charge >= 0.3 is 5.97 Å². The molecule has 0 heterocycles. The third-order valence-corrected chi connectivity index (χ3v) is 4.10. The number of hydrogen-bond acceptors (Lipinski definition) is 3. The van der Waals surface area contributed by atoms with Crippen LogP contribution >= 0.6 is 0 Å². The number of hydrogen-bond donors (Lipinski definition) is 1. The Bertz CT molecular complexity index is 649. The second-order valence-corrected chi connectivity index (χ2v) is 6.03. The van der Waals surface area contributed by atoms with Gasteiger partial charge in [-0.3, -0.25) is 0 Å². The van der Waals surface area contributed by atoms with E-state index in [9.17, 15) is 9.90 Å². The predicted octanol–water partition coefficient (Wildman–Crippen LogP) is 5.51. The molecule has 2 aromatic carbocycles. The van der Waals surface area contributed by atoms with Crippen molar-refractivity contribution in [2.45, 2.75) is 51.9 Å². The molecule has 3 heteroatoms. The molecule has 0 amide bonds. The van der Waals surface area contributed by atoms with E-state index >= 15 is 0 Å². The van der Waals surface area contributed by atoms with Crippen molar-refractivity contribution in [3.8, 4) is 11.5 Å². The minimum atomic E-state index is -0.525. The summed E-state index contributed by atoms with van der Waals surface area (Å²) >= 11 is 0. The molecular weight excluding hydrogens is 300 g/mol. The largest absolute Gasteiger partial charge is 0.507 e. The molecule has 0 aromatic heterocycles. The fourth-order valence-corrected chi connectivity index (χ4v) is 2.71. The molecule has 0 radical (unpaired) electrons. The van der Waals surface area contributed by atoms with Crippen LogP contribution in [-0.4, -0.2) is 11.1 Å². The van der Waals surface area contributed by atoms with Crippen LogP contribution in [0.5, 0.6) is 11.5 Å². The third kappa shape index (κ3) is 5.41. The molecule has 1 N–H and O–H groups in total. The number of phenols is 1. The minimum Gasteiger partial charge on any atom is -0.507 e. The molecule has 0 fully saturated rings. The first-order chi connectivity index (χ1) is 11.7. The summed E-state index contributed by atoms with van der Waals surface area (Å²) in [7, 11) is 0. The van der Waals surface area contributed by atoms with Crippen LogP contribution in [0.4, 0.5) is 0 Å². The lowest BCUT2D eigenvalue weighted by molar-refractivity contribution is 0.0730. The van der Waals surface area contributed by atoms with Gasteiger partial charge in [0.2, 0.25) is 0 Å². The van der Waals surface area contributed by atoms with E-state index in [1.807, 2.05) is 24.3 Å². The Labute approximate surface area is 144 Å². The maximum Gasteiger partial charge on any atom is 0.347 e. The fourth-order valence-electron chi connectivity index (χ4n) is 2.71. The van der Waals surface area contributed by atoms with Crippen molar-refractivity contribution in [3.05, 3.63) is 59.7 Å². The Hall–Kier alpha value is -2.29. The summed E-state index contributed by atoms with van der Waals surface area (Å²) in [5.74, 6) is -0.00119. The Balaban J connectivity index is 1.93. The van der Waals surface area contributed by atoms with Crippen LogP contribution in [0.2, 0.25) is 0 Å². The van der Waals surface area contributed by atoms with Crippen molar-refractivity contribution in [2.24, 2.45) is 0 Å². The smallest absolute Gasteiger partial charge is 0.347 e. The van der Waals surface area contributed by atoms with Gasteiger partial charge in [0, 0.05) is 0 Å². The van der Waals surface area contributed by atoms with Crippen LogP contribution in [0.15, 0.2) is 48.5 Å². The quantitative estimate of drug-likeness (QED) is 0.375. The van der Waals surface area contributed by atoms with Gasteiger partial charge in [-0.15, -0.1) is 0 Å². The van der Waals surface area contributed by atoms with Gasteiger partial charge in [0.15, 0.2) is 0 Å². The topological polar surface area (TPSA) is 46.5 Å². The van der Waals surface area contributed by atoms with E-state index in [0.29, 0.717) is 5.75 Å². The van der Waals surface area contributed by atoms with Crippen molar-refractivity contribution in [3.63, 3.8) is 0 Å². The number of carbonyl (C=O) groups excluding carboxylic acids is 1. The zero-order valence-electron chi connectivity index (χ0n) is 14.3. The molecular formula is C21H26O3. The van der Waals surface area contributed by atoms with E-state index in [4.69, 9.17) is 4.74 Å². The number of ether oxygens (including phenoxy) is 1. The number of unbranched alkanes of at least 4 members (excludes halogenated alkanes) is 5. The highest BCUT2D eigenvalue weighted by molar-refractivity contribution is 5.93. The second-order valence-electron chi connectivity index (χ2n) is 6.03. The first-order valence-corrected chi connectivity index (χ1v) is 8.80. The molecule has 2 rings (SSSR count). The normalized spacial score (nSPS) is 10.5. The zero-order valence-corrected chi connectivity index (χ0v) is 14.3. The minimum absolute atomic E-state index is 0.0593. The van der Waals surface area contributed by atoms with Crippen LogP contribution in [-0.2, 0) is 6.42 Å². The molecule has 24 heavy (non-hydrogen) atoms. The van der Waals surface area contributed by atoms with Crippen LogP contribution in [0.1, 0.15) is 61.4 Å². The zero-order chi connectivity index (χ0) is 17.2. The van der Waals surface area contributed by atoms with Crippen molar-refractivity contribution < 1.29 is 14.6 Å². The average molecular weight is 326 g/mol. The van der Waals surface area contributed by atoms with E-state index < -0.39 is 5.97 Å². The Morgan fingerprint density at radius 2 is 1.58 bits per heavy atom. The highest BCUT2D eigenvalue weighted by Crippen LogP contribution is 2.24. The summed E-state index contributed by atoms with van der Waals surface area (Å²) in [6, 6.07) is 14.1. The highest BCUT2D eigenvalue weighted by Gasteiger charge is 2.14. The predicted molar refractivity (Wildman–Crippen MR) is 96.6 cm³/mol. The standard InChI is InChI=1S/C21H26O3/c1-2-3-4-5-6-7-12-17-13-8-11-16-20(17)24-21(23)18-14-9-10-15-19(18)22/h8-11,13-16,22H,2-7,12H2,1H3. The Morgan fingerprint density at radius 3 is 2.38 bits per heavy atom. The van der Waals surface area contributed by atoms with Crippen LogP contribution < -0.4 is 4.74 Å². The van der Waals surface area contributed by atoms with Crippen LogP contribution in [0, 0.1) is 0 Å². The van der Waals surface area contributed by atoms with Crippen molar-refractivity contribution in [2.75, 3.05) is 0 Å². The number of rotatable bonds is 9. The van der Waals surface area contributed by atoms with E-state index in [1.165, 1.54) is 38.2 Å². The van der Waals surface area contributed by atoms with Crippen LogP contribution in [0.25, 0.3) is 0 Å². The summed E-state index contributed by atoms with van der Waals surface area (Å²) in [5.41, 5.74) is 1.23. The molecule has 0 aliphatic rings.